The van der Waals surface area contributed by atoms with Crippen LogP contribution < -0.4 is 0 Å². The van der Waals surface area contributed by atoms with Gasteiger partial charge in [-0.1, -0.05) is 89.6 Å². The maximum Gasteiger partial charge on any atom is 0.156 e. The second-order valence-corrected chi connectivity index (χ2v) is 8.34. The van der Waals surface area contributed by atoms with Crippen LogP contribution in [0.5, 0.6) is 0 Å². The first-order valence-electron chi connectivity index (χ1n) is 11.0. The minimum absolute atomic E-state index is 0.147. The number of aryl methyl sites for hydroxylation is 1. The number of allylic oxidation sites excluding steroid dienone is 6. The summed E-state index contributed by atoms with van der Waals surface area (Å²) in [7, 11) is 0. The van der Waals surface area contributed by atoms with E-state index in [4.69, 9.17) is 0 Å². The Hall–Kier alpha value is -2.41. The zero-order valence-corrected chi connectivity index (χ0v) is 19.2. The first-order chi connectivity index (χ1) is 13.8. The highest BCUT2D eigenvalue weighted by molar-refractivity contribution is 5.95. The first-order valence-corrected chi connectivity index (χ1v) is 11.0. The molecule has 0 bridgehead atoms. The van der Waals surface area contributed by atoms with E-state index in [1.54, 1.807) is 6.92 Å². The summed E-state index contributed by atoms with van der Waals surface area (Å²) in [5.74, 6) is 0.147. The molecular formula is C28H36O. The van der Waals surface area contributed by atoms with Crippen molar-refractivity contribution in [1.29, 1.82) is 0 Å². The van der Waals surface area contributed by atoms with Gasteiger partial charge in [-0.3, -0.25) is 4.79 Å². The van der Waals surface area contributed by atoms with Gasteiger partial charge < -0.3 is 0 Å². The van der Waals surface area contributed by atoms with Crippen LogP contribution in [0, 0.1) is 6.92 Å². The van der Waals surface area contributed by atoms with Gasteiger partial charge in [-0.25, -0.2) is 0 Å². The molecule has 3 rings (SSSR count). The molecule has 0 aliphatic heterocycles. The van der Waals surface area contributed by atoms with Crippen molar-refractivity contribution in [3.05, 3.63) is 76.9 Å². The number of Topliss-reactive ketones (excluding diaryl/α,β-unsaturated/α-hetero) is 1. The van der Waals surface area contributed by atoms with Gasteiger partial charge in [0.1, 0.15) is 0 Å². The SMILES string of the molecule is CC.CCCC(C)(C)c1cc2cc(C3=CC=C(C(C)=O)CC=C3)ccc2cc1C. The fourth-order valence-corrected chi connectivity index (χ4v) is 4.16. The van der Waals surface area contributed by atoms with Crippen molar-refractivity contribution in [3.63, 3.8) is 0 Å². The van der Waals surface area contributed by atoms with E-state index in [1.807, 2.05) is 19.9 Å². The van der Waals surface area contributed by atoms with Crippen LogP contribution in [0.2, 0.25) is 0 Å². The molecular weight excluding hydrogens is 352 g/mol. The van der Waals surface area contributed by atoms with E-state index in [-0.39, 0.29) is 11.2 Å². The highest BCUT2D eigenvalue weighted by Crippen LogP contribution is 2.34. The minimum Gasteiger partial charge on any atom is -0.295 e. The van der Waals surface area contributed by atoms with Crippen molar-refractivity contribution < 1.29 is 4.79 Å². The van der Waals surface area contributed by atoms with Crippen LogP contribution in [-0.4, -0.2) is 5.78 Å². The highest BCUT2D eigenvalue weighted by atomic mass is 16.1. The van der Waals surface area contributed by atoms with Crippen molar-refractivity contribution in [2.75, 3.05) is 0 Å². The zero-order valence-electron chi connectivity index (χ0n) is 19.2. The summed E-state index contributed by atoms with van der Waals surface area (Å²) in [5, 5.41) is 2.57. The molecule has 29 heavy (non-hydrogen) atoms. The van der Waals surface area contributed by atoms with Crippen molar-refractivity contribution in [2.24, 2.45) is 0 Å². The fraction of sp³-hybridized carbons (Fsp3) is 0.393. The van der Waals surface area contributed by atoms with E-state index < -0.39 is 0 Å². The van der Waals surface area contributed by atoms with E-state index in [1.165, 1.54) is 40.3 Å². The Bertz CT molecular complexity index is 967. The average Bonchev–Trinajstić information content (AvgIpc) is 2.95. The van der Waals surface area contributed by atoms with E-state index >= 15 is 0 Å². The van der Waals surface area contributed by atoms with Crippen LogP contribution in [0.25, 0.3) is 16.3 Å². The van der Waals surface area contributed by atoms with Crippen molar-refractivity contribution in [3.8, 4) is 0 Å². The highest BCUT2D eigenvalue weighted by Gasteiger charge is 2.22. The monoisotopic (exact) mass is 388 g/mol. The van der Waals surface area contributed by atoms with Crippen molar-refractivity contribution in [2.45, 2.75) is 73.1 Å². The molecule has 0 aromatic heterocycles. The Kier molecular flexibility index (Phi) is 7.79. The predicted octanol–water partition coefficient (Wildman–Crippen LogP) is 8.11. The third-order valence-corrected chi connectivity index (χ3v) is 5.67. The van der Waals surface area contributed by atoms with E-state index in [0.717, 1.165) is 11.1 Å². The summed E-state index contributed by atoms with van der Waals surface area (Å²) in [6.45, 7) is 14.8. The summed E-state index contributed by atoms with van der Waals surface area (Å²) >= 11 is 0. The normalized spacial score (nSPS) is 13.9. The molecule has 0 saturated carbocycles. The lowest BCUT2D eigenvalue weighted by Crippen LogP contribution is -2.18. The van der Waals surface area contributed by atoms with Crippen LogP contribution in [0.1, 0.15) is 77.5 Å². The first kappa shape index (κ1) is 22.9. The molecule has 0 atom stereocenters. The third kappa shape index (κ3) is 5.35. The van der Waals surface area contributed by atoms with Crippen molar-refractivity contribution in [1.82, 2.24) is 0 Å². The maximum absolute atomic E-state index is 11.7. The lowest BCUT2D eigenvalue weighted by Gasteiger charge is -2.27. The van der Waals surface area contributed by atoms with E-state index in [9.17, 15) is 4.79 Å². The zero-order chi connectivity index (χ0) is 21.6. The van der Waals surface area contributed by atoms with E-state index in [2.05, 4.69) is 76.3 Å². The Morgan fingerprint density at radius 1 is 1.03 bits per heavy atom. The molecule has 154 valence electrons. The number of ketones is 1. The topological polar surface area (TPSA) is 17.1 Å². The maximum atomic E-state index is 11.7. The van der Waals surface area contributed by atoms with Gasteiger partial charge in [0.2, 0.25) is 0 Å². The molecule has 1 aliphatic rings. The summed E-state index contributed by atoms with van der Waals surface area (Å²) in [6.07, 6.45) is 11.3. The number of fused-ring (bicyclic) bond motifs is 1. The Balaban J connectivity index is 0.00000145. The number of carbonyl (C=O) groups excluding carboxylic acids is 1. The largest absolute Gasteiger partial charge is 0.295 e. The number of hydrogen-bond donors (Lipinski definition) is 0. The average molecular weight is 389 g/mol. The van der Waals surface area contributed by atoms with Gasteiger partial charge in [0, 0.05) is 0 Å². The van der Waals surface area contributed by atoms with Crippen LogP contribution in [0.3, 0.4) is 0 Å². The molecule has 2 aromatic rings. The summed E-state index contributed by atoms with van der Waals surface area (Å²) in [5.41, 5.74) is 6.21. The Morgan fingerprint density at radius 2 is 1.76 bits per heavy atom. The Labute approximate surface area is 177 Å². The molecule has 1 heteroatoms. The molecule has 0 N–H and O–H groups in total. The van der Waals surface area contributed by atoms with Crippen LogP contribution in [0.15, 0.2) is 60.2 Å². The molecule has 0 unspecified atom stereocenters. The Morgan fingerprint density at radius 3 is 2.41 bits per heavy atom. The lowest BCUT2D eigenvalue weighted by molar-refractivity contribution is -0.113. The second kappa shape index (κ2) is 9.87. The van der Waals surface area contributed by atoms with Gasteiger partial charge in [0.25, 0.3) is 0 Å². The third-order valence-electron chi connectivity index (χ3n) is 5.67. The molecule has 0 amide bonds. The van der Waals surface area contributed by atoms with Gasteiger partial charge in [-0.05, 0) is 76.8 Å². The number of rotatable bonds is 5. The smallest absolute Gasteiger partial charge is 0.156 e. The van der Waals surface area contributed by atoms with Crippen LogP contribution in [0.4, 0.5) is 0 Å². The molecule has 0 fully saturated rings. The molecule has 2 aromatic carbocycles. The molecule has 1 nitrogen and oxygen atoms in total. The van der Waals surface area contributed by atoms with Gasteiger partial charge in [0.05, 0.1) is 0 Å². The molecule has 0 heterocycles. The standard InChI is InChI=1S/C26H30O.C2H6/c1-6-14-26(4,5)25-17-24-16-23(13-12-22(24)15-18(25)2)21-9-7-8-20(10-11-21)19(3)27;1-2/h7,9-13,15-17H,6,8,14H2,1-5H3;1-2H3. The molecule has 0 saturated heterocycles. The van der Waals surface area contributed by atoms with Gasteiger partial charge in [-0.15, -0.1) is 0 Å². The minimum atomic E-state index is 0.147. The van der Waals surface area contributed by atoms with E-state index in [0.29, 0.717) is 6.42 Å². The number of hydrogen-bond acceptors (Lipinski definition) is 1. The fourth-order valence-electron chi connectivity index (χ4n) is 4.16. The van der Waals surface area contributed by atoms with Gasteiger partial charge in [0.15, 0.2) is 5.78 Å². The quantitative estimate of drug-likeness (QED) is 0.505. The predicted molar refractivity (Wildman–Crippen MR) is 128 cm³/mol. The molecule has 1 aliphatic carbocycles. The number of carbonyl (C=O) groups is 1. The van der Waals surface area contributed by atoms with Gasteiger partial charge >= 0.3 is 0 Å². The van der Waals surface area contributed by atoms with Crippen LogP contribution in [-0.2, 0) is 10.2 Å². The van der Waals surface area contributed by atoms with Crippen LogP contribution >= 0.6 is 0 Å². The van der Waals surface area contributed by atoms with Gasteiger partial charge in [-0.2, -0.15) is 0 Å². The molecule has 0 spiro atoms. The second-order valence-electron chi connectivity index (χ2n) is 8.34. The molecule has 0 radical (unpaired) electrons. The summed E-state index contributed by atoms with van der Waals surface area (Å²) in [4.78, 5) is 11.7. The summed E-state index contributed by atoms with van der Waals surface area (Å²) < 4.78 is 0. The lowest BCUT2D eigenvalue weighted by atomic mass is 9.77. The van der Waals surface area contributed by atoms with Crippen molar-refractivity contribution >= 4 is 22.1 Å². The summed E-state index contributed by atoms with van der Waals surface area (Å²) in [6, 6.07) is 11.4. The number of benzene rings is 2.